The fourth-order valence-corrected chi connectivity index (χ4v) is 6.14. The van der Waals surface area contributed by atoms with Crippen LogP contribution in [0.25, 0.3) is 11.0 Å². The van der Waals surface area contributed by atoms with Gasteiger partial charge in [-0.15, -0.1) is 5.10 Å². The molecule has 0 spiro atoms. The fraction of sp³-hybridized carbons (Fsp3) is 0.135. The molecule has 0 fully saturated rings. The SMILES string of the molecule is CC.CC(=O)Oc1ccc([N+](=O)[O-])cc1.CC(C)=O.On1nnc2ccccc21.c1ccc(P(c2ccccc2)c2ccccc2)cc1. The smallest absolute Gasteiger partial charge is 0.308 e. The maximum atomic E-state index is 10.5. The van der Waals surface area contributed by atoms with Crippen LogP contribution in [0.4, 0.5) is 5.69 Å². The Morgan fingerprint density at radius 2 is 1.08 bits per heavy atom. The molecule has 0 aliphatic heterocycles. The van der Waals surface area contributed by atoms with Gasteiger partial charge in [0.05, 0.1) is 4.92 Å². The van der Waals surface area contributed by atoms with E-state index in [1.54, 1.807) is 12.1 Å². The minimum Gasteiger partial charge on any atom is -0.427 e. The second kappa shape index (κ2) is 21.1. The van der Waals surface area contributed by atoms with Gasteiger partial charge < -0.3 is 14.7 Å². The number of aromatic nitrogens is 3. The molecule has 0 aliphatic rings. The van der Waals surface area contributed by atoms with E-state index in [1.165, 1.54) is 61.0 Å². The number of ether oxygens (including phenoxy) is 1. The summed E-state index contributed by atoms with van der Waals surface area (Å²) in [7, 11) is -0.446. The topological polar surface area (TPSA) is 137 Å². The lowest BCUT2D eigenvalue weighted by molar-refractivity contribution is -0.384. The third-order valence-corrected chi connectivity index (χ3v) is 8.13. The summed E-state index contributed by atoms with van der Waals surface area (Å²) in [6, 6.07) is 44.8. The molecule has 1 N–H and O–H groups in total. The zero-order chi connectivity index (χ0) is 35.3. The van der Waals surface area contributed by atoms with E-state index in [0.717, 1.165) is 4.85 Å². The monoisotopic (exact) mass is 666 g/mol. The number of Topliss-reactive ketones (excluding diaryl/α,β-unsaturated/α-hetero) is 1. The van der Waals surface area contributed by atoms with Gasteiger partial charge in [0.1, 0.15) is 22.6 Å². The summed E-state index contributed by atoms with van der Waals surface area (Å²) in [5.74, 6) is 0.0203. The lowest BCUT2D eigenvalue weighted by Gasteiger charge is -2.18. The van der Waals surface area contributed by atoms with Crippen molar-refractivity contribution in [3.05, 3.63) is 150 Å². The number of para-hydroxylation sites is 1. The average molecular weight is 667 g/mol. The van der Waals surface area contributed by atoms with Crippen molar-refractivity contribution in [1.29, 1.82) is 0 Å². The number of fused-ring (bicyclic) bond motifs is 1. The molecule has 10 nitrogen and oxygen atoms in total. The van der Waals surface area contributed by atoms with E-state index in [1.807, 2.05) is 26.0 Å². The molecule has 0 amide bonds. The zero-order valence-electron chi connectivity index (χ0n) is 27.5. The van der Waals surface area contributed by atoms with Crippen molar-refractivity contribution in [3.63, 3.8) is 0 Å². The Balaban J connectivity index is 0.000000241. The van der Waals surface area contributed by atoms with Crippen molar-refractivity contribution < 1.29 is 24.5 Å². The van der Waals surface area contributed by atoms with Gasteiger partial charge in [0.15, 0.2) is 0 Å². The third kappa shape index (κ3) is 13.3. The number of ketones is 1. The largest absolute Gasteiger partial charge is 0.427 e. The lowest BCUT2D eigenvalue weighted by atomic mass is 10.3. The van der Waals surface area contributed by atoms with Crippen molar-refractivity contribution >= 4 is 52.3 Å². The van der Waals surface area contributed by atoms with E-state index in [-0.39, 0.29) is 11.5 Å². The first-order valence-corrected chi connectivity index (χ1v) is 16.3. The Labute approximate surface area is 281 Å². The quantitative estimate of drug-likeness (QED) is 0.0507. The normalized spacial score (nSPS) is 9.54. The van der Waals surface area contributed by atoms with Crippen LogP contribution in [0.3, 0.4) is 0 Å². The van der Waals surface area contributed by atoms with Gasteiger partial charge in [-0.2, -0.15) is 0 Å². The lowest BCUT2D eigenvalue weighted by Crippen LogP contribution is -2.20. The molecule has 6 aromatic rings. The summed E-state index contributed by atoms with van der Waals surface area (Å²) in [4.78, 5) is 30.4. The predicted molar refractivity (Wildman–Crippen MR) is 192 cm³/mol. The highest BCUT2D eigenvalue weighted by molar-refractivity contribution is 7.79. The van der Waals surface area contributed by atoms with Crippen molar-refractivity contribution in [3.8, 4) is 5.75 Å². The first-order chi connectivity index (χ1) is 23.2. The summed E-state index contributed by atoms with van der Waals surface area (Å²) in [6.07, 6.45) is 0. The molecule has 248 valence electrons. The summed E-state index contributed by atoms with van der Waals surface area (Å²) in [5.41, 5.74) is 1.29. The Kier molecular flexibility index (Phi) is 16.9. The molecule has 0 aliphatic carbocycles. The number of nitrogens with zero attached hydrogens (tertiary/aromatic N) is 4. The van der Waals surface area contributed by atoms with Gasteiger partial charge in [0.2, 0.25) is 0 Å². The number of esters is 1. The Bertz CT molecular complexity index is 1720. The first-order valence-electron chi connectivity index (χ1n) is 15.0. The predicted octanol–water partition coefficient (Wildman–Crippen LogP) is 7.26. The number of rotatable bonds is 5. The van der Waals surface area contributed by atoms with Crippen molar-refractivity contribution in [2.24, 2.45) is 0 Å². The highest BCUT2D eigenvalue weighted by Crippen LogP contribution is 2.32. The average Bonchev–Trinajstić information content (AvgIpc) is 3.48. The van der Waals surface area contributed by atoms with Gasteiger partial charge in [-0.3, -0.25) is 14.9 Å². The fourth-order valence-electron chi connectivity index (χ4n) is 3.84. The summed E-state index contributed by atoms with van der Waals surface area (Å²) >= 11 is 0. The van der Waals surface area contributed by atoms with Gasteiger partial charge in [0.25, 0.3) is 5.69 Å². The molecule has 5 aromatic carbocycles. The van der Waals surface area contributed by atoms with E-state index in [2.05, 4.69) is 106 Å². The second-order valence-corrected chi connectivity index (χ2v) is 11.8. The summed E-state index contributed by atoms with van der Waals surface area (Å²) in [5, 5.41) is 30.5. The van der Waals surface area contributed by atoms with E-state index in [4.69, 9.17) is 5.21 Å². The van der Waals surface area contributed by atoms with Crippen LogP contribution < -0.4 is 20.7 Å². The van der Waals surface area contributed by atoms with Gasteiger partial charge in [-0.05, 0) is 67.2 Å². The minimum absolute atomic E-state index is 0.0316. The molecule has 0 bridgehead atoms. The van der Waals surface area contributed by atoms with Crippen LogP contribution in [0.1, 0.15) is 34.6 Å². The van der Waals surface area contributed by atoms with Gasteiger partial charge in [0, 0.05) is 19.1 Å². The van der Waals surface area contributed by atoms with Crippen LogP contribution in [-0.2, 0) is 9.59 Å². The highest BCUT2D eigenvalue weighted by Gasteiger charge is 2.15. The molecular weight excluding hydrogens is 627 g/mol. The molecule has 1 aromatic heterocycles. The van der Waals surface area contributed by atoms with Crippen LogP contribution >= 0.6 is 7.92 Å². The zero-order valence-corrected chi connectivity index (χ0v) is 28.4. The maximum absolute atomic E-state index is 10.5. The van der Waals surface area contributed by atoms with Gasteiger partial charge in [-0.1, -0.05) is 122 Å². The van der Waals surface area contributed by atoms with Crippen LogP contribution in [0.2, 0.25) is 0 Å². The van der Waals surface area contributed by atoms with Crippen LogP contribution in [0, 0.1) is 10.1 Å². The number of nitro groups is 1. The Morgan fingerprint density at radius 1 is 0.688 bits per heavy atom. The third-order valence-electron chi connectivity index (χ3n) is 5.69. The van der Waals surface area contributed by atoms with Crippen molar-refractivity contribution in [2.45, 2.75) is 34.6 Å². The van der Waals surface area contributed by atoms with Crippen molar-refractivity contribution in [2.75, 3.05) is 0 Å². The number of hydrogen-bond acceptors (Lipinski definition) is 8. The molecule has 1 heterocycles. The standard InChI is InChI=1S/C18H15P.C8H7NO4.C6H5N3O.C3H6O.C2H6/c1-4-10-16(11-5-1)19(17-12-6-2-7-13-17)18-14-8-3-9-15-18;1-6(10)13-8-4-2-7(3-5-8)9(11)12;10-9-6-4-2-1-3-5(6)7-8-9;1-3(2)4;1-2/h1-15H;2-5H,1H3;1-4,10H;1-2H3;1-2H3. The number of non-ortho nitro benzene ring substituents is 1. The van der Waals surface area contributed by atoms with E-state index >= 15 is 0 Å². The minimum atomic E-state index is -0.516. The molecule has 6 rings (SSSR count). The number of carbonyl (C=O) groups is 2. The second-order valence-electron chi connectivity index (χ2n) is 9.56. The highest BCUT2D eigenvalue weighted by atomic mass is 31.1. The molecular formula is C37H39N4O6P. The molecule has 0 radical (unpaired) electrons. The number of hydrogen-bond donors (Lipinski definition) is 1. The van der Waals surface area contributed by atoms with E-state index < -0.39 is 18.8 Å². The number of benzene rings is 5. The summed E-state index contributed by atoms with van der Waals surface area (Å²) in [6.45, 7) is 8.32. The molecule has 0 unspecified atom stereocenters. The summed E-state index contributed by atoms with van der Waals surface area (Å²) < 4.78 is 4.69. The Morgan fingerprint density at radius 3 is 1.46 bits per heavy atom. The van der Waals surface area contributed by atoms with Crippen molar-refractivity contribution in [1.82, 2.24) is 15.2 Å². The number of nitro benzene ring substituents is 1. The molecule has 11 heteroatoms. The Hall–Kier alpha value is -5.73. The first kappa shape index (κ1) is 38.5. The maximum Gasteiger partial charge on any atom is 0.308 e. The molecule has 0 saturated heterocycles. The molecule has 0 atom stereocenters. The van der Waals surface area contributed by atoms with E-state index in [0.29, 0.717) is 16.8 Å². The van der Waals surface area contributed by atoms with E-state index in [9.17, 15) is 19.7 Å². The van der Waals surface area contributed by atoms with Crippen LogP contribution in [-0.4, -0.2) is 37.0 Å². The van der Waals surface area contributed by atoms with Gasteiger partial charge >= 0.3 is 5.97 Å². The molecule has 48 heavy (non-hydrogen) atoms. The van der Waals surface area contributed by atoms with Gasteiger partial charge in [-0.25, -0.2) is 0 Å². The van der Waals surface area contributed by atoms with Crippen LogP contribution in [0.5, 0.6) is 5.75 Å². The number of carbonyl (C=O) groups excluding carboxylic acids is 2. The molecule has 0 saturated carbocycles. The van der Waals surface area contributed by atoms with Crippen LogP contribution in [0.15, 0.2) is 140 Å².